The van der Waals surface area contributed by atoms with Gasteiger partial charge in [0.15, 0.2) is 0 Å². The quantitative estimate of drug-likeness (QED) is 0.722. The standard InChI is InChI=1S/C11H14F3N3O4/c12-11(13,14)7-1-3-16(4-2-7)10(21)17(5-8(15)18)6-9(19)20/h1H,2-6H2,(H2,15,18)(H,19,20). The van der Waals surface area contributed by atoms with E-state index in [9.17, 15) is 27.6 Å². The topological polar surface area (TPSA) is 104 Å². The molecule has 0 aromatic heterocycles. The van der Waals surface area contributed by atoms with E-state index in [1.54, 1.807) is 0 Å². The van der Waals surface area contributed by atoms with E-state index in [1.807, 2.05) is 0 Å². The molecule has 10 heteroatoms. The lowest BCUT2D eigenvalue weighted by Gasteiger charge is -2.31. The van der Waals surface area contributed by atoms with Gasteiger partial charge in [0.25, 0.3) is 0 Å². The Morgan fingerprint density at radius 3 is 2.33 bits per heavy atom. The molecule has 1 aliphatic heterocycles. The summed E-state index contributed by atoms with van der Waals surface area (Å²) in [7, 11) is 0. The number of nitrogens with zero attached hydrogens (tertiary/aromatic N) is 2. The van der Waals surface area contributed by atoms with Gasteiger partial charge in [0, 0.05) is 18.7 Å². The lowest BCUT2D eigenvalue weighted by molar-refractivity contribution is -0.138. The first-order chi connectivity index (χ1) is 9.61. The van der Waals surface area contributed by atoms with Gasteiger partial charge in [0.1, 0.15) is 13.1 Å². The van der Waals surface area contributed by atoms with Crippen LogP contribution in [0.2, 0.25) is 0 Å². The molecule has 118 valence electrons. The number of urea groups is 1. The molecule has 0 fully saturated rings. The average molecular weight is 309 g/mol. The summed E-state index contributed by atoms with van der Waals surface area (Å²) >= 11 is 0. The molecule has 1 heterocycles. The molecule has 0 aliphatic carbocycles. The smallest absolute Gasteiger partial charge is 0.412 e. The van der Waals surface area contributed by atoms with Crippen LogP contribution in [0.3, 0.4) is 0 Å². The molecule has 0 spiro atoms. The minimum Gasteiger partial charge on any atom is -0.480 e. The Labute approximate surface area is 117 Å². The summed E-state index contributed by atoms with van der Waals surface area (Å²) in [6.07, 6.45) is -3.96. The Kier molecular flexibility index (Phi) is 5.17. The largest absolute Gasteiger partial charge is 0.480 e. The predicted octanol–water partition coefficient (Wildman–Crippen LogP) is 0.173. The van der Waals surface area contributed by atoms with E-state index in [1.165, 1.54) is 0 Å². The van der Waals surface area contributed by atoms with Crippen LogP contribution < -0.4 is 5.73 Å². The van der Waals surface area contributed by atoms with Crippen LogP contribution in [0.1, 0.15) is 6.42 Å². The van der Waals surface area contributed by atoms with Crippen molar-refractivity contribution >= 4 is 17.9 Å². The molecule has 0 radical (unpaired) electrons. The number of carboxylic acid groups (broad SMARTS) is 1. The highest BCUT2D eigenvalue weighted by atomic mass is 19.4. The highest BCUT2D eigenvalue weighted by molar-refractivity contribution is 5.86. The van der Waals surface area contributed by atoms with Crippen molar-refractivity contribution in [2.75, 3.05) is 26.2 Å². The molecule has 0 aromatic carbocycles. The van der Waals surface area contributed by atoms with Crippen molar-refractivity contribution in [3.8, 4) is 0 Å². The van der Waals surface area contributed by atoms with Gasteiger partial charge in [0.2, 0.25) is 5.91 Å². The van der Waals surface area contributed by atoms with E-state index < -0.39 is 42.7 Å². The summed E-state index contributed by atoms with van der Waals surface area (Å²) < 4.78 is 37.4. The number of hydrogen-bond acceptors (Lipinski definition) is 3. The number of carbonyl (C=O) groups excluding carboxylic acids is 2. The molecule has 0 unspecified atom stereocenters. The molecule has 3 N–H and O–H groups in total. The maximum Gasteiger partial charge on any atom is 0.412 e. The average Bonchev–Trinajstić information content (AvgIpc) is 2.35. The monoisotopic (exact) mass is 309 g/mol. The molecule has 0 saturated carbocycles. The van der Waals surface area contributed by atoms with Gasteiger partial charge in [0.05, 0.1) is 0 Å². The zero-order valence-corrected chi connectivity index (χ0v) is 10.9. The van der Waals surface area contributed by atoms with E-state index in [2.05, 4.69) is 0 Å². The zero-order valence-electron chi connectivity index (χ0n) is 10.9. The first kappa shape index (κ1) is 16.8. The van der Waals surface area contributed by atoms with Crippen LogP contribution in [-0.4, -0.2) is 65.2 Å². The van der Waals surface area contributed by atoms with E-state index in [0.717, 1.165) is 11.0 Å². The van der Waals surface area contributed by atoms with Crippen molar-refractivity contribution in [3.05, 3.63) is 11.6 Å². The van der Waals surface area contributed by atoms with Crippen molar-refractivity contribution in [1.29, 1.82) is 0 Å². The normalized spacial score (nSPS) is 15.4. The van der Waals surface area contributed by atoms with Crippen molar-refractivity contribution in [2.45, 2.75) is 12.6 Å². The van der Waals surface area contributed by atoms with Gasteiger partial charge in [-0.15, -0.1) is 0 Å². The Bertz CT molecular complexity index is 460. The van der Waals surface area contributed by atoms with E-state index in [-0.39, 0.29) is 19.5 Å². The lowest BCUT2D eigenvalue weighted by atomic mass is 10.1. The minimum absolute atomic E-state index is 0.209. The second kappa shape index (κ2) is 6.46. The van der Waals surface area contributed by atoms with Crippen molar-refractivity contribution in [1.82, 2.24) is 9.80 Å². The summed E-state index contributed by atoms with van der Waals surface area (Å²) in [5.74, 6) is -2.26. The van der Waals surface area contributed by atoms with Crippen molar-refractivity contribution in [2.24, 2.45) is 5.73 Å². The second-order valence-corrected chi connectivity index (χ2v) is 4.42. The number of aliphatic carboxylic acids is 1. The second-order valence-electron chi connectivity index (χ2n) is 4.42. The van der Waals surface area contributed by atoms with Gasteiger partial charge in [-0.2, -0.15) is 13.2 Å². The fourth-order valence-electron chi connectivity index (χ4n) is 1.84. The number of rotatable bonds is 4. The number of carboxylic acids is 1. The molecule has 21 heavy (non-hydrogen) atoms. The molecule has 0 saturated heterocycles. The number of carbonyl (C=O) groups is 3. The fraction of sp³-hybridized carbons (Fsp3) is 0.545. The molecule has 1 aliphatic rings. The van der Waals surface area contributed by atoms with Gasteiger partial charge >= 0.3 is 18.2 Å². The Balaban J connectivity index is 2.75. The van der Waals surface area contributed by atoms with Gasteiger partial charge in [-0.3, -0.25) is 9.59 Å². The maximum atomic E-state index is 12.5. The number of hydrogen-bond donors (Lipinski definition) is 2. The van der Waals surface area contributed by atoms with Gasteiger partial charge < -0.3 is 20.6 Å². The molecular weight excluding hydrogens is 295 g/mol. The molecule has 7 nitrogen and oxygen atoms in total. The van der Waals surface area contributed by atoms with Gasteiger partial charge in [-0.1, -0.05) is 6.08 Å². The summed E-state index contributed by atoms with van der Waals surface area (Å²) in [5, 5.41) is 8.67. The predicted molar refractivity (Wildman–Crippen MR) is 64.1 cm³/mol. The summed E-state index contributed by atoms with van der Waals surface area (Å²) in [6, 6.07) is -0.839. The SMILES string of the molecule is NC(=O)CN(CC(=O)O)C(=O)N1CC=C(C(F)(F)F)CC1. The van der Waals surface area contributed by atoms with Crippen LogP contribution in [0.25, 0.3) is 0 Å². The third-order valence-electron chi connectivity index (χ3n) is 2.79. The van der Waals surface area contributed by atoms with Crippen LogP contribution in [0.15, 0.2) is 11.6 Å². The Morgan fingerprint density at radius 2 is 1.95 bits per heavy atom. The summed E-state index contributed by atoms with van der Waals surface area (Å²) in [4.78, 5) is 35.2. The first-order valence-electron chi connectivity index (χ1n) is 5.91. The molecule has 3 amide bonds. The Morgan fingerprint density at radius 1 is 1.33 bits per heavy atom. The first-order valence-corrected chi connectivity index (χ1v) is 5.91. The molecule has 1 rings (SSSR count). The third kappa shape index (κ3) is 4.97. The fourth-order valence-corrected chi connectivity index (χ4v) is 1.84. The third-order valence-corrected chi connectivity index (χ3v) is 2.79. The zero-order chi connectivity index (χ0) is 16.2. The van der Waals surface area contributed by atoms with E-state index >= 15 is 0 Å². The molecule has 0 aromatic rings. The number of halogens is 3. The highest BCUT2D eigenvalue weighted by Gasteiger charge is 2.36. The van der Waals surface area contributed by atoms with Crippen LogP contribution in [0.4, 0.5) is 18.0 Å². The van der Waals surface area contributed by atoms with Crippen LogP contribution >= 0.6 is 0 Å². The van der Waals surface area contributed by atoms with Gasteiger partial charge in [-0.25, -0.2) is 4.79 Å². The Hall–Kier alpha value is -2.26. The molecule has 0 bridgehead atoms. The van der Waals surface area contributed by atoms with E-state index in [4.69, 9.17) is 10.8 Å². The highest BCUT2D eigenvalue weighted by Crippen LogP contribution is 2.30. The number of alkyl halides is 3. The summed E-state index contributed by atoms with van der Waals surface area (Å²) in [5.41, 5.74) is 4.18. The number of primary amides is 1. The van der Waals surface area contributed by atoms with E-state index in [0.29, 0.717) is 4.90 Å². The minimum atomic E-state index is -4.44. The van der Waals surface area contributed by atoms with Crippen molar-refractivity contribution in [3.63, 3.8) is 0 Å². The van der Waals surface area contributed by atoms with Crippen LogP contribution in [-0.2, 0) is 9.59 Å². The van der Waals surface area contributed by atoms with Crippen LogP contribution in [0.5, 0.6) is 0 Å². The maximum absolute atomic E-state index is 12.5. The molecule has 0 atom stereocenters. The van der Waals surface area contributed by atoms with Crippen molar-refractivity contribution < 1.29 is 32.7 Å². The van der Waals surface area contributed by atoms with Crippen LogP contribution in [0, 0.1) is 0 Å². The summed E-state index contributed by atoms with van der Waals surface area (Å²) in [6.45, 7) is -1.88. The molecular formula is C11H14F3N3O4. The lowest BCUT2D eigenvalue weighted by Crippen LogP contribution is -2.49. The number of amides is 3. The van der Waals surface area contributed by atoms with Gasteiger partial charge in [-0.05, 0) is 6.42 Å². The number of nitrogens with two attached hydrogens (primary N) is 1.